The number of halogens is 1. The zero-order valence-electron chi connectivity index (χ0n) is 10.1. The minimum Gasteiger partial charge on any atom is -0.315 e. The molecule has 0 spiro atoms. The Balaban J connectivity index is 2.17. The monoisotopic (exact) mass is 339 g/mol. The Morgan fingerprint density at radius 1 is 1.35 bits per heavy atom. The fourth-order valence-corrected chi connectivity index (χ4v) is 3.66. The normalized spacial score (nSPS) is 12.2. The van der Waals surface area contributed by atoms with E-state index >= 15 is 0 Å². The van der Waals surface area contributed by atoms with Crippen molar-refractivity contribution in [3.63, 3.8) is 0 Å². The fourth-order valence-electron chi connectivity index (χ4n) is 1.27. The van der Waals surface area contributed by atoms with Gasteiger partial charge in [0.05, 0.1) is 14.8 Å². The summed E-state index contributed by atoms with van der Waals surface area (Å²) in [6, 6.07) is 4.12. The highest BCUT2D eigenvalue weighted by atomic mass is 79.9. The first-order chi connectivity index (χ1) is 7.92. The number of hydrogen-bond donors (Lipinski definition) is 1. The van der Waals surface area contributed by atoms with E-state index in [1.54, 1.807) is 25.2 Å². The van der Waals surface area contributed by atoms with Crippen LogP contribution in [0.3, 0.4) is 0 Å². The van der Waals surface area contributed by atoms with Crippen molar-refractivity contribution in [1.82, 2.24) is 5.32 Å². The molecule has 0 aliphatic heterocycles. The minimum absolute atomic E-state index is 0.221. The van der Waals surface area contributed by atoms with E-state index in [9.17, 15) is 8.42 Å². The van der Waals surface area contributed by atoms with Gasteiger partial charge in [-0.1, -0.05) is 0 Å². The first-order valence-electron chi connectivity index (χ1n) is 5.58. The maximum atomic E-state index is 11.5. The Hall–Kier alpha value is 0.0900. The van der Waals surface area contributed by atoms with Gasteiger partial charge in [-0.25, -0.2) is 8.42 Å². The lowest BCUT2D eigenvalue weighted by molar-refractivity contribution is 0.582. The molecule has 0 saturated carbocycles. The van der Waals surface area contributed by atoms with E-state index in [2.05, 4.69) is 27.3 Å². The van der Waals surface area contributed by atoms with E-state index in [1.165, 1.54) is 4.88 Å². The van der Waals surface area contributed by atoms with Gasteiger partial charge < -0.3 is 5.32 Å². The van der Waals surface area contributed by atoms with Gasteiger partial charge in [-0.15, -0.1) is 11.3 Å². The van der Waals surface area contributed by atoms with E-state index in [0.29, 0.717) is 6.54 Å². The number of hydrogen-bond acceptors (Lipinski definition) is 4. The zero-order chi connectivity index (χ0) is 12.9. The lowest BCUT2D eigenvalue weighted by Gasteiger charge is -2.08. The predicted octanol–water partition coefficient (Wildman–Crippen LogP) is 2.47. The molecule has 1 heterocycles. The molecule has 0 unspecified atom stereocenters. The van der Waals surface area contributed by atoms with Crippen molar-refractivity contribution in [1.29, 1.82) is 0 Å². The van der Waals surface area contributed by atoms with E-state index in [-0.39, 0.29) is 11.0 Å². The molecule has 0 aromatic carbocycles. The van der Waals surface area contributed by atoms with Crippen molar-refractivity contribution in [2.24, 2.45) is 0 Å². The second kappa shape index (κ2) is 6.87. The second-order valence-corrected chi connectivity index (χ2v) is 9.35. The van der Waals surface area contributed by atoms with Crippen LogP contribution in [0.4, 0.5) is 0 Å². The van der Waals surface area contributed by atoms with Crippen molar-refractivity contribution in [3.05, 3.63) is 20.8 Å². The zero-order valence-corrected chi connectivity index (χ0v) is 13.3. The third kappa shape index (κ3) is 5.50. The van der Waals surface area contributed by atoms with Crippen LogP contribution in [0.1, 0.15) is 18.7 Å². The summed E-state index contributed by atoms with van der Waals surface area (Å²) in [5.41, 5.74) is 0. The molecule has 0 amide bonds. The summed E-state index contributed by atoms with van der Waals surface area (Å²) < 4.78 is 24.2. The van der Waals surface area contributed by atoms with E-state index in [0.717, 1.165) is 16.8 Å². The molecule has 0 bridgehead atoms. The first-order valence-corrected chi connectivity index (χ1v) is 8.91. The number of rotatable bonds is 7. The number of nitrogens with one attached hydrogen (secondary N) is 1. The van der Waals surface area contributed by atoms with Gasteiger partial charge in [-0.2, -0.15) is 0 Å². The SMILES string of the molecule is CC(C)S(=O)(=O)CCNCCc1ccc(Br)s1. The molecule has 1 rings (SSSR count). The lowest BCUT2D eigenvalue weighted by atomic mass is 10.3. The summed E-state index contributed by atoms with van der Waals surface area (Å²) in [6.45, 7) is 4.80. The van der Waals surface area contributed by atoms with E-state index in [1.807, 2.05) is 6.07 Å². The number of thiophene rings is 1. The molecule has 0 saturated heterocycles. The van der Waals surface area contributed by atoms with Gasteiger partial charge in [0.1, 0.15) is 0 Å². The largest absolute Gasteiger partial charge is 0.315 e. The summed E-state index contributed by atoms with van der Waals surface area (Å²) in [6.07, 6.45) is 0.942. The van der Waals surface area contributed by atoms with Gasteiger partial charge in [0, 0.05) is 11.4 Å². The molecular formula is C11H18BrNO2S2. The Morgan fingerprint density at radius 2 is 2.06 bits per heavy atom. The van der Waals surface area contributed by atoms with Crippen LogP contribution in [0.2, 0.25) is 0 Å². The van der Waals surface area contributed by atoms with Gasteiger partial charge in [-0.3, -0.25) is 0 Å². The van der Waals surface area contributed by atoms with Crippen molar-refractivity contribution >= 4 is 37.1 Å². The van der Waals surface area contributed by atoms with Crippen LogP contribution < -0.4 is 5.32 Å². The predicted molar refractivity (Wildman–Crippen MR) is 77.5 cm³/mol. The molecule has 6 heteroatoms. The molecule has 1 aromatic heterocycles. The van der Waals surface area contributed by atoms with Crippen LogP contribution in [-0.4, -0.2) is 32.5 Å². The highest BCUT2D eigenvalue weighted by Gasteiger charge is 2.14. The standard InChI is InChI=1S/C11H18BrNO2S2/c1-9(2)17(14,15)8-7-13-6-5-10-3-4-11(12)16-10/h3-4,9,13H,5-8H2,1-2H3. The van der Waals surface area contributed by atoms with Crippen LogP contribution in [0.5, 0.6) is 0 Å². The quantitative estimate of drug-likeness (QED) is 0.776. The van der Waals surface area contributed by atoms with Crippen molar-refractivity contribution in [2.75, 3.05) is 18.8 Å². The van der Waals surface area contributed by atoms with Gasteiger partial charge in [0.2, 0.25) is 0 Å². The summed E-state index contributed by atoms with van der Waals surface area (Å²) in [5, 5.41) is 2.89. The highest BCUT2D eigenvalue weighted by Crippen LogP contribution is 2.21. The summed E-state index contributed by atoms with van der Waals surface area (Å²) in [4.78, 5) is 1.30. The first kappa shape index (κ1) is 15.1. The Kier molecular flexibility index (Phi) is 6.12. The molecule has 0 atom stereocenters. The minimum atomic E-state index is -2.91. The van der Waals surface area contributed by atoms with Crippen molar-refractivity contribution in [3.8, 4) is 0 Å². The Morgan fingerprint density at radius 3 is 2.59 bits per heavy atom. The third-order valence-corrected chi connectivity index (χ3v) is 6.35. The Labute approximate surface area is 116 Å². The fraction of sp³-hybridized carbons (Fsp3) is 0.636. The van der Waals surface area contributed by atoms with E-state index < -0.39 is 9.84 Å². The maximum Gasteiger partial charge on any atom is 0.153 e. The average Bonchev–Trinajstić information content (AvgIpc) is 2.63. The van der Waals surface area contributed by atoms with Gasteiger partial charge in [0.15, 0.2) is 9.84 Å². The van der Waals surface area contributed by atoms with Gasteiger partial charge >= 0.3 is 0 Å². The van der Waals surface area contributed by atoms with Crippen LogP contribution >= 0.6 is 27.3 Å². The van der Waals surface area contributed by atoms with Crippen molar-refractivity contribution < 1.29 is 8.42 Å². The highest BCUT2D eigenvalue weighted by molar-refractivity contribution is 9.11. The van der Waals surface area contributed by atoms with Gasteiger partial charge in [0.25, 0.3) is 0 Å². The molecule has 1 N–H and O–H groups in total. The molecule has 3 nitrogen and oxygen atoms in total. The smallest absolute Gasteiger partial charge is 0.153 e. The topological polar surface area (TPSA) is 46.2 Å². The lowest BCUT2D eigenvalue weighted by Crippen LogP contribution is -2.28. The molecule has 0 radical (unpaired) electrons. The molecular weight excluding hydrogens is 322 g/mol. The summed E-state index contributed by atoms with van der Waals surface area (Å²) >= 11 is 5.13. The molecule has 0 aliphatic rings. The molecule has 0 fully saturated rings. The summed E-state index contributed by atoms with van der Waals surface area (Å²) in [7, 11) is -2.91. The Bertz CT molecular complexity index is 440. The van der Waals surface area contributed by atoms with Crippen LogP contribution in [0, 0.1) is 0 Å². The summed E-state index contributed by atoms with van der Waals surface area (Å²) in [5.74, 6) is 0.221. The second-order valence-electron chi connectivity index (χ2n) is 4.12. The molecule has 0 aliphatic carbocycles. The molecule has 98 valence electrons. The molecule has 1 aromatic rings. The number of sulfone groups is 1. The third-order valence-electron chi connectivity index (χ3n) is 2.46. The molecule has 17 heavy (non-hydrogen) atoms. The van der Waals surface area contributed by atoms with Crippen LogP contribution in [0.15, 0.2) is 15.9 Å². The van der Waals surface area contributed by atoms with Crippen LogP contribution in [-0.2, 0) is 16.3 Å². The maximum absolute atomic E-state index is 11.5. The van der Waals surface area contributed by atoms with Gasteiger partial charge in [-0.05, 0) is 54.9 Å². The van der Waals surface area contributed by atoms with Crippen molar-refractivity contribution in [2.45, 2.75) is 25.5 Å². The van der Waals surface area contributed by atoms with E-state index in [4.69, 9.17) is 0 Å². The average molecular weight is 340 g/mol. The van der Waals surface area contributed by atoms with Crippen LogP contribution in [0.25, 0.3) is 0 Å².